The molecule has 28 heavy (non-hydrogen) atoms. The summed E-state index contributed by atoms with van der Waals surface area (Å²) in [7, 11) is 0. The Kier molecular flexibility index (Phi) is 10.3. The van der Waals surface area contributed by atoms with Crippen molar-refractivity contribution in [3.8, 4) is 0 Å². The van der Waals surface area contributed by atoms with Gasteiger partial charge < -0.3 is 20.4 Å². The lowest BCUT2D eigenvalue weighted by Crippen LogP contribution is -2.43. The predicted molar refractivity (Wildman–Crippen MR) is 129 cm³/mol. The van der Waals surface area contributed by atoms with Crippen LogP contribution in [0.5, 0.6) is 0 Å². The third-order valence-electron chi connectivity index (χ3n) is 5.08. The first kappa shape index (κ1) is 22.6. The Labute approximate surface area is 181 Å². The number of hydrogen-bond acceptors (Lipinski definition) is 4. The number of allylic oxidation sites excluding steroid dienone is 6. The van der Waals surface area contributed by atoms with E-state index in [1.807, 2.05) is 0 Å². The third-order valence-corrected chi connectivity index (χ3v) is 5.91. The van der Waals surface area contributed by atoms with Crippen molar-refractivity contribution in [3.05, 3.63) is 47.9 Å². The molecule has 2 aliphatic carbocycles. The Hall–Kier alpha value is -1.66. The van der Waals surface area contributed by atoms with E-state index < -0.39 is 0 Å². The highest BCUT2D eigenvalue weighted by Crippen LogP contribution is 2.16. The Morgan fingerprint density at radius 1 is 0.786 bits per heavy atom. The molecule has 0 unspecified atom stereocenters. The molecule has 0 bridgehead atoms. The molecule has 0 spiro atoms. The maximum absolute atomic E-state index is 5.46. The summed E-state index contributed by atoms with van der Waals surface area (Å²) < 4.78 is 0. The highest BCUT2D eigenvalue weighted by Gasteiger charge is 2.11. The molecular weight excluding hydrogens is 384 g/mol. The largest absolute Gasteiger partial charge is 0.373 e. The fourth-order valence-corrected chi connectivity index (χ4v) is 3.82. The number of likely N-dealkylation sites (N-methyl/N-ethyl adjacent to an activating group) is 2. The van der Waals surface area contributed by atoms with Crippen molar-refractivity contribution in [2.45, 2.75) is 39.5 Å². The Morgan fingerprint density at radius 2 is 1.21 bits per heavy atom. The molecule has 154 valence electrons. The molecule has 0 heterocycles. The van der Waals surface area contributed by atoms with E-state index in [-0.39, 0.29) is 0 Å². The Bertz CT molecular complexity index is 593. The van der Waals surface area contributed by atoms with Crippen LogP contribution in [-0.4, -0.2) is 59.0 Å². The topological polar surface area (TPSA) is 30.5 Å². The zero-order chi connectivity index (χ0) is 20.2. The summed E-state index contributed by atoms with van der Waals surface area (Å²) in [5.41, 5.74) is 2.81. The lowest BCUT2D eigenvalue weighted by atomic mass is 10.1. The highest BCUT2D eigenvalue weighted by atomic mass is 32.1. The minimum Gasteiger partial charge on any atom is -0.373 e. The summed E-state index contributed by atoms with van der Waals surface area (Å²) >= 11 is 10.9. The third kappa shape index (κ3) is 7.40. The lowest BCUT2D eigenvalue weighted by Gasteiger charge is -2.28. The molecule has 4 nitrogen and oxygen atoms in total. The molecule has 0 saturated heterocycles. The van der Waals surface area contributed by atoms with E-state index in [1.165, 1.54) is 11.4 Å². The van der Waals surface area contributed by atoms with Crippen LogP contribution in [0.15, 0.2) is 47.9 Å². The van der Waals surface area contributed by atoms with Crippen molar-refractivity contribution in [2.75, 3.05) is 39.3 Å². The van der Waals surface area contributed by atoms with Gasteiger partial charge in [0.25, 0.3) is 0 Å². The molecule has 0 aliphatic heterocycles. The Balaban J connectivity index is 1.65. The van der Waals surface area contributed by atoms with Crippen LogP contribution in [0.3, 0.4) is 0 Å². The predicted octanol–water partition coefficient (Wildman–Crippen LogP) is 3.93. The molecule has 0 saturated carbocycles. The quantitative estimate of drug-likeness (QED) is 0.413. The van der Waals surface area contributed by atoms with E-state index in [2.05, 4.69) is 70.7 Å². The summed E-state index contributed by atoms with van der Waals surface area (Å²) in [5, 5.41) is 6.62. The van der Waals surface area contributed by atoms with Crippen molar-refractivity contribution in [3.63, 3.8) is 0 Å². The number of hydrogen-bond donors (Lipinski definition) is 2. The van der Waals surface area contributed by atoms with Gasteiger partial charge in [0.05, 0.1) is 0 Å². The molecule has 0 aromatic carbocycles. The smallest absolute Gasteiger partial charge is 0.134 e. The van der Waals surface area contributed by atoms with Crippen LogP contribution >= 0.6 is 24.4 Å². The zero-order valence-electron chi connectivity index (χ0n) is 17.2. The molecule has 0 aromatic heterocycles. The van der Waals surface area contributed by atoms with Gasteiger partial charge in [-0.1, -0.05) is 60.9 Å². The highest BCUT2D eigenvalue weighted by molar-refractivity contribution is 7.89. The molecule has 0 aromatic rings. The van der Waals surface area contributed by atoms with Gasteiger partial charge in [-0.3, -0.25) is 0 Å². The van der Waals surface area contributed by atoms with Crippen LogP contribution in [0.1, 0.15) is 39.5 Å². The minimum atomic E-state index is 0.645. The van der Waals surface area contributed by atoms with Crippen LogP contribution in [0.2, 0.25) is 0 Å². The van der Waals surface area contributed by atoms with Crippen molar-refractivity contribution < 1.29 is 0 Å². The van der Waals surface area contributed by atoms with Crippen LogP contribution in [0.25, 0.3) is 0 Å². The van der Waals surface area contributed by atoms with Gasteiger partial charge in [0.1, 0.15) is 9.98 Å². The van der Waals surface area contributed by atoms with E-state index in [0.717, 1.165) is 65.0 Å². The van der Waals surface area contributed by atoms with Gasteiger partial charge in [-0.05, 0) is 26.7 Å². The molecule has 0 atom stereocenters. The van der Waals surface area contributed by atoms with Gasteiger partial charge in [0, 0.05) is 63.5 Å². The lowest BCUT2D eigenvalue weighted by molar-refractivity contribution is 0.357. The summed E-state index contributed by atoms with van der Waals surface area (Å²) in [5.74, 6) is 0. The van der Waals surface area contributed by atoms with Gasteiger partial charge in [-0.2, -0.15) is 0 Å². The van der Waals surface area contributed by atoms with Gasteiger partial charge in [-0.15, -0.1) is 0 Å². The maximum Gasteiger partial charge on any atom is 0.134 e. The second kappa shape index (κ2) is 12.7. The van der Waals surface area contributed by atoms with Gasteiger partial charge in [0.2, 0.25) is 0 Å². The first-order chi connectivity index (χ1) is 13.7. The van der Waals surface area contributed by atoms with Crippen molar-refractivity contribution in [1.82, 2.24) is 20.4 Å². The van der Waals surface area contributed by atoms with Crippen molar-refractivity contribution >= 4 is 34.4 Å². The van der Waals surface area contributed by atoms with E-state index >= 15 is 0 Å². The normalized spacial score (nSPS) is 15.5. The second-order valence-corrected chi connectivity index (χ2v) is 7.70. The number of nitrogens with one attached hydrogen (secondary N) is 2. The number of rotatable bonds is 10. The zero-order valence-corrected chi connectivity index (χ0v) is 18.9. The number of nitrogens with zero attached hydrogens (tertiary/aromatic N) is 2. The minimum absolute atomic E-state index is 0.645. The van der Waals surface area contributed by atoms with Crippen molar-refractivity contribution in [2.24, 2.45) is 0 Å². The molecule has 0 amide bonds. The van der Waals surface area contributed by atoms with Crippen LogP contribution in [0, 0.1) is 0 Å². The first-order valence-electron chi connectivity index (χ1n) is 10.4. The summed E-state index contributed by atoms with van der Waals surface area (Å²) in [6.45, 7) is 9.88. The molecule has 0 radical (unpaired) electrons. The van der Waals surface area contributed by atoms with Crippen LogP contribution in [-0.2, 0) is 0 Å². The maximum atomic E-state index is 5.46. The number of thiocarbonyl (C=S) groups is 2. The molecule has 2 rings (SSSR count). The van der Waals surface area contributed by atoms with E-state index in [1.54, 1.807) is 0 Å². The van der Waals surface area contributed by atoms with Crippen LogP contribution < -0.4 is 10.6 Å². The van der Waals surface area contributed by atoms with Gasteiger partial charge in [0.15, 0.2) is 0 Å². The Morgan fingerprint density at radius 3 is 1.54 bits per heavy atom. The second-order valence-electron chi connectivity index (χ2n) is 6.88. The average Bonchev–Trinajstić information content (AvgIpc) is 2.75. The average molecular weight is 419 g/mol. The molecule has 2 aliphatic rings. The molecule has 6 heteroatoms. The van der Waals surface area contributed by atoms with E-state index in [4.69, 9.17) is 24.4 Å². The molecule has 2 N–H and O–H groups in total. The standard InChI is InChI=1S/C22H34N4S2/c1-3-25(19-11-7-5-8-12-19)17-15-23-21(27)22(28)24-16-18-26(4-2)20-13-9-6-10-14-20/h5-7,9,12,14H,3-4,8,10-11,13,15-18H2,1-2H3,(H,23,27)(H,24,28). The van der Waals surface area contributed by atoms with E-state index in [0.29, 0.717) is 9.98 Å². The first-order valence-corrected chi connectivity index (χ1v) is 11.2. The fraction of sp³-hybridized carbons (Fsp3) is 0.545. The monoisotopic (exact) mass is 418 g/mol. The summed E-state index contributed by atoms with van der Waals surface area (Å²) in [6, 6.07) is 0. The summed E-state index contributed by atoms with van der Waals surface area (Å²) in [6.07, 6.45) is 17.7. The fourth-order valence-electron chi connectivity index (χ4n) is 3.47. The van der Waals surface area contributed by atoms with E-state index in [9.17, 15) is 0 Å². The van der Waals surface area contributed by atoms with Gasteiger partial charge >= 0.3 is 0 Å². The van der Waals surface area contributed by atoms with Crippen LogP contribution in [0.4, 0.5) is 0 Å². The SMILES string of the molecule is CCN(CCNC(=S)C(=S)NCCN(CC)C1=CCC=CC1)C1=CCC=CC1. The summed E-state index contributed by atoms with van der Waals surface area (Å²) in [4.78, 5) is 6.10. The van der Waals surface area contributed by atoms with Gasteiger partial charge in [-0.25, -0.2) is 0 Å². The van der Waals surface area contributed by atoms with Crippen molar-refractivity contribution in [1.29, 1.82) is 0 Å². The molecular formula is C22H34N4S2. The molecule has 0 fully saturated rings.